The molecule has 0 saturated carbocycles. The fraction of sp³-hybridized carbons (Fsp3) is 0.625. The first-order valence-electron chi connectivity index (χ1n) is 7.02. The van der Waals surface area contributed by atoms with Crippen LogP contribution in [0.5, 0.6) is 0 Å². The van der Waals surface area contributed by atoms with Crippen molar-refractivity contribution in [1.82, 2.24) is 4.90 Å². The molecule has 1 unspecified atom stereocenters. The third-order valence-electron chi connectivity index (χ3n) is 3.30. The molecule has 0 aliphatic carbocycles. The first-order chi connectivity index (χ1) is 8.49. The molecule has 1 atom stereocenters. The third-order valence-corrected chi connectivity index (χ3v) is 3.30. The summed E-state index contributed by atoms with van der Waals surface area (Å²) in [6.07, 6.45) is 2.29. The van der Waals surface area contributed by atoms with E-state index in [1.807, 2.05) is 0 Å². The Kier molecular flexibility index (Phi) is 6.37. The van der Waals surface area contributed by atoms with Crippen LogP contribution in [0.4, 0.5) is 0 Å². The van der Waals surface area contributed by atoms with Gasteiger partial charge >= 0.3 is 0 Å². The molecule has 1 rings (SSSR count). The van der Waals surface area contributed by atoms with Crippen molar-refractivity contribution >= 4 is 0 Å². The van der Waals surface area contributed by atoms with Crippen LogP contribution in [0.15, 0.2) is 24.3 Å². The second-order valence-corrected chi connectivity index (χ2v) is 5.75. The van der Waals surface area contributed by atoms with Crippen molar-refractivity contribution in [2.45, 2.75) is 52.1 Å². The summed E-state index contributed by atoms with van der Waals surface area (Å²) in [5, 5.41) is 0. The molecule has 2 nitrogen and oxygen atoms in total. The SMILES string of the molecule is CC(N)CCCN(C)Cc1ccc(C(C)C)cc1. The van der Waals surface area contributed by atoms with Gasteiger partial charge in [0.25, 0.3) is 0 Å². The second kappa shape index (κ2) is 7.55. The zero-order chi connectivity index (χ0) is 13.5. The van der Waals surface area contributed by atoms with E-state index in [0.717, 1.165) is 19.5 Å². The Hall–Kier alpha value is -0.860. The van der Waals surface area contributed by atoms with Crippen LogP contribution in [0.3, 0.4) is 0 Å². The van der Waals surface area contributed by atoms with Gasteiger partial charge in [-0.2, -0.15) is 0 Å². The highest BCUT2D eigenvalue weighted by molar-refractivity contribution is 5.24. The van der Waals surface area contributed by atoms with E-state index in [1.54, 1.807) is 0 Å². The predicted molar refractivity (Wildman–Crippen MR) is 79.7 cm³/mol. The van der Waals surface area contributed by atoms with Gasteiger partial charge in [-0.05, 0) is 50.4 Å². The Morgan fingerprint density at radius 1 is 1.11 bits per heavy atom. The normalized spacial score (nSPS) is 13.3. The average molecular weight is 248 g/mol. The van der Waals surface area contributed by atoms with Crippen LogP contribution in [0, 0.1) is 0 Å². The van der Waals surface area contributed by atoms with Crippen LogP contribution in [0.1, 0.15) is 50.7 Å². The highest BCUT2D eigenvalue weighted by Gasteiger charge is 2.03. The second-order valence-electron chi connectivity index (χ2n) is 5.75. The number of nitrogens with zero attached hydrogens (tertiary/aromatic N) is 1. The van der Waals surface area contributed by atoms with E-state index >= 15 is 0 Å². The van der Waals surface area contributed by atoms with Crippen LogP contribution in [-0.2, 0) is 6.54 Å². The number of hydrogen-bond donors (Lipinski definition) is 1. The first-order valence-corrected chi connectivity index (χ1v) is 7.02. The molecule has 0 saturated heterocycles. The molecule has 0 amide bonds. The van der Waals surface area contributed by atoms with Crippen molar-refractivity contribution in [3.8, 4) is 0 Å². The molecule has 1 aromatic carbocycles. The number of nitrogens with two attached hydrogens (primary N) is 1. The largest absolute Gasteiger partial charge is 0.328 e. The molecule has 1 aromatic rings. The molecule has 2 heteroatoms. The number of hydrogen-bond acceptors (Lipinski definition) is 2. The van der Waals surface area contributed by atoms with Gasteiger partial charge in [-0.1, -0.05) is 38.1 Å². The predicted octanol–water partition coefficient (Wildman–Crippen LogP) is 3.37. The highest BCUT2D eigenvalue weighted by atomic mass is 15.1. The molecule has 102 valence electrons. The Bertz CT molecular complexity index is 327. The molecule has 0 aliphatic rings. The number of benzene rings is 1. The maximum atomic E-state index is 5.76. The van der Waals surface area contributed by atoms with Crippen molar-refractivity contribution in [1.29, 1.82) is 0 Å². The van der Waals surface area contributed by atoms with Crippen LogP contribution in [0.25, 0.3) is 0 Å². The molecule has 0 fully saturated rings. The Morgan fingerprint density at radius 2 is 1.72 bits per heavy atom. The van der Waals surface area contributed by atoms with Gasteiger partial charge in [-0.3, -0.25) is 0 Å². The van der Waals surface area contributed by atoms with Crippen LogP contribution in [-0.4, -0.2) is 24.5 Å². The maximum absolute atomic E-state index is 5.76. The van der Waals surface area contributed by atoms with Gasteiger partial charge in [0.15, 0.2) is 0 Å². The van der Waals surface area contributed by atoms with Gasteiger partial charge < -0.3 is 10.6 Å². The zero-order valence-electron chi connectivity index (χ0n) is 12.3. The minimum atomic E-state index is 0.323. The molecule has 0 heterocycles. The lowest BCUT2D eigenvalue weighted by atomic mass is 10.0. The quantitative estimate of drug-likeness (QED) is 0.801. The molecule has 0 aliphatic heterocycles. The lowest BCUT2D eigenvalue weighted by molar-refractivity contribution is 0.315. The number of rotatable bonds is 7. The van der Waals surface area contributed by atoms with E-state index in [1.165, 1.54) is 17.5 Å². The van der Waals surface area contributed by atoms with E-state index in [-0.39, 0.29) is 0 Å². The molecule has 2 N–H and O–H groups in total. The minimum absolute atomic E-state index is 0.323. The smallest absolute Gasteiger partial charge is 0.0230 e. The lowest BCUT2D eigenvalue weighted by Gasteiger charge is -2.17. The van der Waals surface area contributed by atoms with Crippen LogP contribution >= 0.6 is 0 Å². The summed E-state index contributed by atoms with van der Waals surface area (Å²) in [6.45, 7) is 8.68. The molecular formula is C16H28N2. The van der Waals surface area contributed by atoms with E-state index in [0.29, 0.717) is 12.0 Å². The Balaban J connectivity index is 2.37. The lowest BCUT2D eigenvalue weighted by Crippen LogP contribution is -2.22. The summed E-state index contributed by atoms with van der Waals surface area (Å²) in [4.78, 5) is 2.37. The minimum Gasteiger partial charge on any atom is -0.328 e. The van der Waals surface area contributed by atoms with Crippen molar-refractivity contribution in [3.05, 3.63) is 35.4 Å². The highest BCUT2D eigenvalue weighted by Crippen LogP contribution is 2.15. The van der Waals surface area contributed by atoms with Gasteiger partial charge in [-0.25, -0.2) is 0 Å². The fourth-order valence-corrected chi connectivity index (χ4v) is 2.08. The molecule has 18 heavy (non-hydrogen) atoms. The van der Waals surface area contributed by atoms with E-state index in [2.05, 4.69) is 57.0 Å². The van der Waals surface area contributed by atoms with Gasteiger partial charge in [-0.15, -0.1) is 0 Å². The van der Waals surface area contributed by atoms with Gasteiger partial charge in [0.05, 0.1) is 0 Å². The maximum Gasteiger partial charge on any atom is 0.0230 e. The topological polar surface area (TPSA) is 29.3 Å². The Morgan fingerprint density at radius 3 is 2.22 bits per heavy atom. The average Bonchev–Trinajstić information content (AvgIpc) is 2.29. The van der Waals surface area contributed by atoms with Crippen molar-refractivity contribution in [3.63, 3.8) is 0 Å². The van der Waals surface area contributed by atoms with E-state index in [9.17, 15) is 0 Å². The summed E-state index contributed by atoms with van der Waals surface area (Å²) < 4.78 is 0. The summed E-state index contributed by atoms with van der Waals surface area (Å²) in [7, 11) is 2.18. The molecule has 0 spiro atoms. The van der Waals surface area contributed by atoms with Gasteiger partial charge in [0.1, 0.15) is 0 Å². The summed E-state index contributed by atoms with van der Waals surface area (Å²) in [5.74, 6) is 0.614. The first kappa shape index (κ1) is 15.2. The van der Waals surface area contributed by atoms with E-state index < -0.39 is 0 Å². The molecule has 0 bridgehead atoms. The van der Waals surface area contributed by atoms with Crippen molar-refractivity contribution in [2.24, 2.45) is 5.73 Å². The third kappa shape index (κ3) is 5.65. The van der Waals surface area contributed by atoms with E-state index in [4.69, 9.17) is 5.73 Å². The fourth-order valence-electron chi connectivity index (χ4n) is 2.08. The summed E-state index contributed by atoms with van der Waals surface area (Å²) >= 11 is 0. The molecular weight excluding hydrogens is 220 g/mol. The van der Waals surface area contributed by atoms with Crippen molar-refractivity contribution in [2.75, 3.05) is 13.6 Å². The molecule has 0 aromatic heterocycles. The van der Waals surface area contributed by atoms with Crippen LogP contribution in [0.2, 0.25) is 0 Å². The van der Waals surface area contributed by atoms with Gasteiger partial charge in [0.2, 0.25) is 0 Å². The Labute approximate surface area is 112 Å². The van der Waals surface area contributed by atoms with Crippen molar-refractivity contribution < 1.29 is 0 Å². The molecule has 0 radical (unpaired) electrons. The zero-order valence-corrected chi connectivity index (χ0v) is 12.3. The standard InChI is InChI=1S/C16H28N2/c1-13(2)16-9-7-15(8-10-16)12-18(4)11-5-6-14(3)17/h7-10,13-14H,5-6,11-12,17H2,1-4H3. The summed E-state index contributed by atoms with van der Waals surface area (Å²) in [6, 6.07) is 9.31. The summed E-state index contributed by atoms with van der Waals surface area (Å²) in [5.41, 5.74) is 8.56. The van der Waals surface area contributed by atoms with Gasteiger partial charge in [0, 0.05) is 12.6 Å². The monoisotopic (exact) mass is 248 g/mol. The van der Waals surface area contributed by atoms with Crippen LogP contribution < -0.4 is 5.73 Å².